The van der Waals surface area contributed by atoms with E-state index in [0.717, 1.165) is 37.7 Å². The van der Waals surface area contributed by atoms with E-state index in [1.807, 2.05) is 7.05 Å². The van der Waals surface area contributed by atoms with E-state index >= 15 is 0 Å². The van der Waals surface area contributed by atoms with Gasteiger partial charge >= 0.3 is 12.0 Å². The van der Waals surface area contributed by atoms with Crippen molar-refractivity contribution >= 4 is 17.7 Å². The van der Waals surface area contributed by atoms with Crippen LogP contribution in [-0.2, 0) is 0 Å². The molecule has 1 fully saturated rings. The van der Waals surface area contributed by atoms with Gasteiger partial charge in [0, 0.05) is 12.6 Å². The molecule has 2 rings (SSSR count). The van der Waals surface area contributed by atoms with Crippen LogP contribution in [-0.4, -0.2) is 48.2 Å². The summed E-state index contributed by atoms with van der Waals surface area (Å²) in [5, 5.41) is 13.9. The molecule has 1 heterocycles. The number of hydrogen-bond acceptors (Lipinski definition) is 3. The van der Waals surface area contributed by atoms with Gasteiger partial charge in [-0.05, 0) is 38.2 Å². The van der Waals surface area contributed by atoms with Crippen molar-refractivity contribution in [2.75, 3.05) is 25.5 Å². The molecule has 1 aliphatic rings. The number of anilines is 1. The van der Waals surface area contributed by atoms with Crippen LogP contribution in [0.15, 0.2) is 18.2 Å². The number of carbonyl (C=O) groups excluding carboxylic acids is 1. The third kappa shape index (κ3) is 3.45. The first-order valence-electron chi connectivity index (χ1n) is 6.24. The summed E-state index contributed by atoms with van der Waals surface area (Å²) in [6.07, 6.45) is 0.835. The average molecular weight is 281 g/mol. The van der Waals surface area contributed by atoms with Crippen molar-refractivity contribution in [3.05, 3.63) is 29.6 Å². The molecule has 7 heteroatoms. The van der Waals surface area contributed by atoms with Gasteiger partial charge in [0.2, 0.25) is 0 Å². The van der Waals surface area contributed by atoms with E-state index < -0.39 is 17.8 Å². The van der Waals surface area contributed by atoms with Crippen LogP contribution < -0.4 is 10.6 Å². The highest BCUT2D eigenvalue weighted by molar-refractivity contribution is 5.93. The summed E-state index contributed by atoms with van der Waals surface area (Å²) in [4.78, 5) is 24.6. The Balaban J connectivity index is 2.00. The van der Waals surface area contributed by atoms with E-state index in [4.69, 9.17) is 5.11 Å². The predicted octanol–water partition coefficient (Wildman–Crippen LogP) is 1.35. The van der Waals surface area contributed by atoms with Crippen LogP contribution in [0.4, 0.5) is 14.9 Å². The van der Waals surface area contributed by atoms with Crippen LogP contribution in [0.3, 0.4) is 0 Å². The minimum Gasteiger partial charge on any atom is -0.478 e. The maximum absolute atomic E-state index is 13.5. The molecule has 1 saturated heterocycles. The summed E-state index contributed by atoms with van der Waals surface area (Å²) in [7, 11) is 1.95. The van der Waals surface area contributed by atoms with Crippen molar-refractivity contribution in [3.63, 3.8) is 0 Å². The number of nitrogens with zero attached hydrogens (tertiary/aromatic N) is 1. The lowest BCUT2D eigenvalue weighted by atomic mass is 10.2. The first-order valence-corrected chi connectivity index (χ1v) is 6.24. The highest BCUT2D eigenvalue weighted by Gasteiger charge is 2.21. The summed E-state index contributed by atoms with van der Waals surface area (Å²) < 4.78 is 13.5. The molecular weight excluding hydrogens is 265 g/mol. The molecule has 0 spiro atoms. The van der Waals surface area contributed by atoms with Gasteiger partial charge in [-0.15, -0.1) is 0 Å². The molecule has 108 valence electrons. The molecule has 1 aromatic carbocycles. The Labute approximate surface area is 115 Å². The molecule has 0 aromatic heterocycles. The maximum Gasteiger partial charge on any atom is 0.335 e. The normalized spacial score (nSPS) is 18.8. The molecule has 1 atom stereocenters. The van der Waals surface area contributed by atoms with Gasteiger partial charge in [-0.25, -0.2) is 14.0 Å². The number of aromatic carboxylic acids is 1. The molecule has 0 saturated carbocycles. The standard InChI is InChI=1S/C13H16FN3O3/c1-17-5-4-9(7-17)15-13(20)16-11-6-8(12(18)19)2-3-10(11)14/h2-3,6,9H,4-5,7H2,1H3,(H,18,19)(H2,15,16,20). The fraction of sp³-hybridized carbons (Fsp3) is 0.385. The topological polar surface area (TPSA) is 81.7 Å². The number of rotatable bonds is 3. The second kappa shape index (κ2) is 5.87. The van der Waals surface area contributed by atoms with Crippen molar-refractivity contribution in [2.24, 2.45) is 0 Å². The summed E-state index contributed by atoms with van der Waals surface area (Å²) in [6, 6.07) is 2.74. The number of urea groups is 1. The first-order chi connectivity index (χ1) is 9.45. The Morgan fingerprint density at radius 1 is 1.45 bits per heavy atom. The number of likely N-dealkylation sites (N-methyl/N-ethyl adjacent to an activating group) is 1. The summed E-state index contributed by atoms with van der Waals surface area (Å²) in [6.45, 7) is 1.64. The number of carboxylic acid groups (broad SMARTS) is 1. The Morgan fingerprint density at radius 2 is 2.20 bits per heavy atom. The fourth-order valence-corrected chi connectivity index (χ4v) is 2.15. The van der Waals surface area contributed by atoms with Crippen LogP contribution in [0, 0.1) is 5.82 Å². The van der Waals surface area contributed by atoms with Crippen molar-refractivity contribution in [3.8, 4) is 0 Å². The van der Waals surface area contributed by atoms with E-state index in [-0.39, 0.29) is 17.3 Å². The van der Waals surface area contributed by atoms with Crippen molar-refractivity contribution in [1.29, 1.82) is 0 Å². The molecule has 0 radical (unpaired) electrons. The summed E-state index contributed by atoms with van der Waals surface area (Å²) >= 11 is 0. The number of likely N-dealkylation sites (tertiary alicyclic amines) is 1. The number of nitrogens with one attached hydrogen (secondary N) is 2. The second-order valence-corrected chi connectivity index (χ2v) is 4.85. The Bertz CT molecular complexity index is 536. The molecule has 6 nitrogen and oxygen atoms in total. The molecule has 1 aromatic rings. The minimum atomic E-state index is -1.18. The average Bonchev–Trinajstić information content (AvgIpc) is 2.77. The second-order valence-electron chi connectivity index (χ2n) is 4.85. The van der Waals surface area contributed by atoms with E-state index in [1.54, 1.807) is 0 Å². The van der Waals surface area contributed by atoms with Crippen LogP contribution in [0.5, 0.6) is 0 Å². The lowest BCUT2D eigenvalue weighted by Gasteiger charge is -2.14. The predicted molar refractivity (Wildman–Crippen MR) is 71.4 cm³/mol. The summed E-state index contributed by atoms with van der Waals surface area (Å²) in [5.41, 5.74) is -0.226. The van der Waals surface area contributed by atoms with E-state index in [1.165, 1.54) is 0 Å². The Hall–Kier alpha value is -2.15. The van der Waals surface area contributed by atoms with E-state index in [0.29, 0.717) is 0 Å². The van der Waals surface area contributed by atoms with Gasteiger partial charge in [-0.1, -0.05) is 0 Å². The zero-order valence-corrected chi connectivity index (χ0v) is 11.0. The van der Waals surface area contributed by atoms with Gasteiger partial charge in [-0.2, -0.15) is 0 Å². The highest BCUT2D eigenvalue weighted by atomic mass is 19.1. The van der Waals surface area contributed by atoms with Gasteiger partial charge in [0.05, 0.1) is 11.3 Å². The van der Waals surface area contributed by atoms with Crippen molar-refractivity contribution < 1.29 is 19.1 Å². The number of carboxylic acids is 1. The molecule has 0 bridgehead atoms. The zero-order valence-electron chi connectivity index (χ0n) is 11.0. The number of benzene rings is 1. The molecule has 1 unspecified atom stereocenters. The van der Waals surface area contributed by atoms with Gasteiger partial charge in [0.1, 0.15) is 5.82 Å². The molecule has 3 N–H and O–H groups in total. The highest BCUT2D eigenvalue weighted by Crippen LogP contribution is 2.16. The van der Waals surface area contributed by atoms with Gasteiger partial charge < -0.3 is 20.6 Å². The smallest absolute Gasteiger partial charge is 0.335 e. The van der Waals surface area contributed by atoms with Crippen molar-refractivity contribution in [1.82, 2.24) is 10.2 Å². The monoisotopic (exact) mass is 281 g/mol. The molecular formula is C13H16FN3O3. The zero-order chi connectivity index (χ0) is 14.7. The van der Waals surface area contributed by atoms with Crippen LogP contribution in [0.2, 0.25) is 0 Å². The van der Waals surface area contributed by atoms with E-state index in [9.17, 15) is 14.0 Å². The van der Waals surface area contributed by atoms with Gasteiger partial charge in [0.25, 0.3) is 0 Å². The number of carbonyl (C=O) groups is 2. The Kier molecular flexibility index (Phi) is 4.19. The van der Waals surface area contributed by atoms with Crippen LogP contribution in [0.1, 0.15) is 16.8 Å². The number of halogens is 1. The van der Waals surface area contributed by atoms with Crippen LogP contribution in [0.25, 0.3) is 0 Å². The van der Waals surface area contributed by atoms with Gasteiger partial charge in [0.15, 0.2) is 0 Å². The largest absolute Gasteiger partial charge is 0.478 e. The molecule has 1 aliphatic heterocycles. The lowest BCUT2D eigenvalue weighted by molar-refractivity contribution is 0.0697. The minimum absolute atomic E-state index is 0.0192. The van der Waals surface area contributed by atoms with Gasteiger partial charge in [-0.3, -0.25) is 0 Å². The first kappa shape index (κ1) is 14.3. The third-order valence-electron chi connectivity index (χ3n) is 3.19. The SMILES string of the molecule is CN1CCC(NC(=O)Nc2cc(C(=O)O)ccc2F)C1. The van der Waals surface area contributed by atoms with Crippen LogP contribution >= 0.6 is 0 Å². The molecule has 20 heavy (non-hydrogen) atoms. The summed E-state index contributed by atoms with van der Waals surface area (Å²) in [5.74, 6) is -1.85. The molecule has 2 amide bonds. The van der Waals surface area contributed by atoms with E-state index in [2.05, 4.69) is 15.5 Å². The number of amides is 2. The Morgan fingerprint density at radius 3 is 2.80 bits per heavy atom. The molecule has 0 aliphatic carbocycles. The lowest BCUT2D eigenvalue weighted by Crippen LogP contribution is -2.39. The van der Waals surface area contributed by atoms with Crippen molar-refractivity contribution in [2.45, 2.75) is 12.5 Å². The quantitative estimate of drug-likeness (QED) is 0.781. The number of hydrogen-bond donors (Lipinski definition) is 3. The fourth-order valence-electron chi connectivity index (χ4n) is 2.15. The third-order valence-corrected chi connectivity index (χ3v) is 3.19. The maximum atomic E-state index is 13.5.